The van der Waals surface area contributed by atoms with Crippen LogP contribution < -0.4 is 4.18 Å². The Morgan fingerprint density at radius 2 is 1.84 bits per heavy atom. The van der Waals surface area contributed by atoms with Crippen LogP contribution in [-0.2, 0) is 16.7 Å². The van der Waals surface area contributed by atoms with Crippen LogP contribution in [0, 0.1) is 6.92 Å². The molecule has 2 aromatic heterocycles. The average molecular weight is 435 g/mol. The lowest BCUT2D eigenvalue weighted by Crippen LogP contribution is -2.15. The molecule has 0 bridgehead atoms. The molecule has 4 aromatic rings. The van der Waals surface area contributed by atoms with Gasteiger partial charge in [0.2, 0.25) is 0 Å². The van der Waals surface area contributed by atoms with E-state index in [1.165, 1.54) is 24.4 Å². The molecule has 0 aliphatic heterocycles. The van der Waals surface area contributed by atoms with Crippen molar-refractivity contribution in [1.29, 1.82) is 0 Å². The average Bonchev–Trinajstić information content (AvgIpc) is 3.12. The lowest BCUT2D eigenvalue weighted by Gasteiger charge is -2.17. The Labute approximate surface area is 177 Å². The largest absolute Gasteiger partial charge is 0.394 e. The summed E-state index contributed by atoms with van der Waals surface area (Å²) in [6, 6.07) is 10.9. The molecule has 0 spiro atoms. The molecule has 1 aliphatic carbocycles. The SMILES string of the molecule is Cc1ccc(S(=O)(=O)Oc2ccc3c4c(nn3CCO)-c3cnccc3C(=O)c24)cc1. The second-order valence-corrected chi connectivity index (χ2v) is 8.78. The first-order valence-corrected chi connectivity index (χ1v) is 11.0. The van der Waals surface area contributed by atoms with Crippen molar-refractivity contribution in [2.45, 2.75) is 18.4 Å². The van der Waals surface area contributed by atoms with Gasteiger partial charge in [-0.2, -0.15) is 13.5 Å². The number of aliphatic hydroxyl groups is 1. The van der Waals surface area contributed by atoms with Gasteiger partial charge >= 0.3 is 10.1 Å². The maximum Gasteiger partial charge on any atom is 0.339 e. The molecule has 5 rings (SSSR count). The van der Waals surface area contributed by atoms with Gasteiger partial charge in [-0.3, -0.25) is 14.5 Å². The quantitative estimate of drug-likeness (QED) is 0.423. The summed E-state index contributed by atoms with van der Waals surface area (Å²) in [6.45, 7) is 1.94. The van der Waals surface area contributed by atoms with Gasteiger partial charge in [0.05, 0.1) is 24.2 Å². The van der Waals surface area contributed by atoms with Gasteiger partial charge < -0.3 is 9.29 Å². The van der Waals surface area contributed by atoms with E-state index in [2.05, 4.69) is 10.1 Å². The molecule has 0 fully saturated rings. The van der Waals surface area contributed by atoms with E-state index in [1.54, 1.807) is 35.1 Å². The van der Waals surface area contributed by atoms with Gasteiger partial charge in [-0.05, 0) is 37.3 Å². The molecule has 0 atom stereocenters. The molecule has 1 N–H and O–H groups in total. The molecular weight excluding hydrogens is 418 g/mol. The molecule has 0 unspecified atom stereocenters. The van der Waals surface area contributed by atoms with E-state index in [1.807, 2.05) is 6.92 Å². The first-order valence-electron chi connectivity index (χ1n) is 9.55. The molecule has 0 saturated carbocycles. The van der Waals surface area contributed by atoms with Crippen LogP contribution in [0.1, 0.15) is 21.5 Å². The summed E-state index contributed by atoms with van der Waals surface area (Å²) >= 11 is 0. The van der Waals surface area contributed by atoms with E-state index in [4.69, 9.17) is 4.18 Å². The van der Waals surface area contributed by atoms with Gasteiger partial charge in [0, 0.05) is 28.9 Å². The molecule has 0 saturated heterocycles. The number of aryl methyl sites for hydroxylation is 1. The van der Waals surface area contributed by atoms with Gasteiger partial charge in [-0.15, -0.1) is 0 Å². The van der Waals surface area contributed by atoms with Crippen LogP contribution in [0.15, 0.2) is 59.8 Å². The summed E-state index contributed by atoms with van der Waals surface area (Å²) in [5.74, 6) is -0.432. The lowest BCUT2D eigenvalue weighted by atomic mass is 9.88. The number of carbonyl (C=O) groups excluding carboxylic acids is 1. The fourth-order valence-corrected chi connectivity index (χ4v) is 4.73. The van der Waals surface area contributed by atoms with Gasteiger partial charge in [0.15, 0.2) is 11.5 Å². The summed E-state index contributed by atoms with van der Waals surface area (Å²) in [7, 11) is -4.16. The van der Waals surface area contributed by atoms with Crippen molar-refractivity contribution >= 4 is 26.8 Å². The minimum atomic E-state index is -4.16. The number of pyridine rings is 1. The number of aliphatic hydroxyl groups excluding tert-OH is 1. The molecule has 9 heteroatoms. The topological polar surface area (TPSA) is 111 Å². The van der Waals surface area contributed by atoms with Gasteiger partial charge in [-0.1, -0.05) is 17.7 Å². The molecule has 156 valence electrons. The Bertz CT molecular complexity index is 1460. The van der Waals surface area contributed by atoms with Crippen LogP contribution in [0.3, 0.4) is 0 Å². The standard InChI is InChI=1S/C22H17N3O5S/c1-13-2-4-14(5-3-13)31(28,29)30-18-7-6-17-19-20(18)22(27)15-8-9-23-12-16(15)21(19)24-25(17)10-11-26/h2-9,12,26H,10-11H2,1H3. The van der Waals surface area contributed by atoms with E-state index in [0.29, 0.717) is 27.7 Å². The van der Waals surface area contributed by atoms with Crippen LogP contribution in [-0.4, -0.2) is 40.7 Å². The highest BCUT2D eigenvalue weighted by Crippen LogP contribution is 2.42. The zero-order valence-electron chi connectivity index (χ0n) is 16.4. The van der Waals surface area contributed by atoms with Crippen molar-refractivity contribution in [2.24, 2.45) is 0 Å². The van der Waals surface area contributed by atoms with Crippen molar-refractivity contribution in [3.05, 3.63) is 71.5 Å². The number of carbonyl (C=O) groups is 1. The van der Waals surface area contributed by atoms with E-state index in [9.17, 15) is 18.3 Å². The first kappa shape index (κ1) is 19.4. The molecule has 1 aliphatic rings. The normalized spacial score (nSPS) is 12.8. The highest BCUT2D eigenvalue weighted by Gasteiger charge is 2.33. The second-order valence-electron chi connectivity index (χ2n) is 7.23. The summed E-state index contributed by atoms with van der Waals surface area (Å²) in [4.78, 5) is 17.5. The van der Waals surface area contributed by atoms with Crippen molar-refractivity contribution < 1.29 is 22.5 Å². The van der Waals surface area contributed by atoms with E-state index >= 15 is 0 Å². The molecular formula is C22H17N3O5S. The van der Waals surface area contributed by atoms with E-state index < -0.39 is 10.1 Å². The number of nitrogens with zero attached hydrogens (tertiary/aromatic N) is 3. The van der Waals surface area contributed by atoms with Gasteiger partial charge in [-0.25, -0.2) is 0 Å². The van der Waals surface area contributed by atoms with Crippen molar-refractivity contribution in [3.8, 4) is 17.0 Å². The first-order chi connectivity index (χ1) is 14.9. The summed E-state index contributed by atoms with van der Waals surface area (Å²) in [6.07, 6.45) is 3.05. The molecule has 31 heavy (non-hydrogen) atoms. The number of hydrogen-bond donors (Lipinski definition) is 1. The van der Waals surface area contributed by atoms with E-state index in [0.717, 1.165) is 5.56 Å². The Morgan fingerprint density at radius 3 is 2.58 bits per heavy atom. The zero-order valence-corrected chi connectivity index (χ0v) is 17.3. The zero-order chi connectivity index (χ0) is 21.8. The maximum absolute atomic E-state index is 13.4. The van der Waals surface area contributed by atoms with Crippen LogP contribution in [0.5, 0.6) is 5.75 Å². The number of ketones is 1. The Hall–Kier alpha value is -3.56. The van der Waals surface area contributed by atoms with Crippen LogP contribution >= 0.6 is 0 Å². The number of rotatable bonds is 5. The maximum atomic E-state index is 13.4. The number of hydrogen-bond acceptors (Lipinski definition) is 7. The second kappa shape index (κ2) is 7.00. The molecule has 2 aromatic carbocycles. The third-order valence-corrected chi connectivity index (χ3v) is 6.50. The van der Waals surface area contributed by atoms with Gasteiger partial charge in [0.25, 0.3) is 0 Å². The van der Waals surface area contributed by atoms with Crippen molar-refractivity contribution in [3.63, 3.8) is 0 Å². The summed E-state index contributed by atoms with van der Waals surface area (Å²) in [5, 5.41) is 14.4. The van der Waals surface area contributed by atoms with E-state index in [-0.39, 0.29) is 35.1 Å². The van der Waals surface area contributed by atoms with Crippen LogP contribution in [0.4, 0.5) is 0 Å². The van der Waals surface area contributed by atoms with Crippen LogP contribution in [0.25, 0.3) is 22.2 Å². The highest BCUT2D eigenvalue weighted by atomic mass is 32.2. The third kappa shape index (κ3) is 3.01. The van der Waals surface area contributed by atoms with Crippen molar-refractivity contribution in [1.82, 2.24) is 14.8 Å². The number of fused-ring (bicyclic) bond motifs is 2. The fourth-order valence-electron chi connectivity index (χ4n) is 3.79. The fraction of sp³-hybridized carbons (Fsp3) is 0.136. The summed E-state index contributed by atoms with van der Waals surface area (Å²) in [5.41, 5.74) is 3.06. The third-order valence-electron chi connectivity index (χ3n) is 5.25. The highest BCUT2D eigenvalue weighted by molar-refractivity contribution is 7.87. The molecule has 0 radical (unpaired) electrons. The predicted octanol–water partition coefficient (Wildman–Crippen LogP) is 2.71. The van der Waals surface area contributed by atoms with Crippen molar-refractivity contribution in [2.75, 3.05) is 6.61 Å². The smallest absolute Gasteiger partial charge is 0.339 e. The number of benzene rings is 2. The molecule has 0 amide bonds. The minimum Gasteiger partial charge on any atom is -0.394 e. The van der Waals surface area contributed by atoms with Crippen LogP contribution in [0.2, 0.25) is 0 Å². The molecule has 8 nitrogen and oxygen atoms in total. The van der Waals surface area contributed by atoms with Gasteiger partial charge in [0.1, 0.15) is 10.6 Å². The monoisotopic (exact) mass is 435 g/mol. The molecule has 2 heterocycles. The predicted molar refractivity (Wildman–Crippen MR) is 112 cm³/mol. The Kier molecular flexibility index (Phi) is 4.38. The number of aromatic nitrogens is 3. The Balaban J connectivity index is 1.73. The minimum absolute atomic E-state index is 0.00513. The lowest BCUT2D eigenvalue weighted by molar-refractivity contribution is 0.103. The summed E-state index contributed by atoms with van der Waals surface area (Å²) < 4.78 is 32.8. The Morgan fingerprint density at radius 1 is 1.06 bits per heavy atom.